The van der Waals surface area contributed by atoms with Gasteiger partial charge in [-0.15, -0.1) is 0 Å². The number of carbonyl (C=O) groups is 1. The number of aromatic nitrogens is 3. The van der Waals surface area contributed by atoms with Crippen molar-refractivity contribution >= 4 is 11.6 Å². The molecular formula is C19H24FN5O2. The minimum Gasteiger partial charge on any atom is -0.369 e. The molecule has 1 atom stereocenters. The Morgan fingerprint density at radius 3 is 2.70 bits per heavy atom. The summed E-state index contributed by atoms with van der Waals surface area (Å²) in [5, 5.41) is 7.33. The van der Waals surface area contributed by atoms with Crippen LogP contribution in [0.4, 0.5) is 10.1 Å². The molecule has 0 saturated carbocycles. The summed E-state index contributed by atoms with van der Waals surface area (Å²) < 4.78 is 16.9. The number of anilines is 1. The van der Waals surface area contributed by atoms with E-state index in [4.69, 9.17) is 0 Å². The molecule has 0 radical (unpaired) electrons. The lowest BCUT2D eigenvalue weighted by molar-refractivity contribution is -0.126. The van der Waals surface area contributed by atoms with Crippen LogP contribution >= 0.6 is 0 Å². The third kappa shape index (κ3) is 3.48. The van der Waals surface area contributed by atoms with Crippen LogP contribution in [0.15, 0.2) is 29.1 Å². The fourth-order valence-electron chi connectivity index (χ4n) is 4.04. The summed E-state index contributed by atoms with van der Waals surface area (Å²) >= 11 is 0. The summed E-state index contributed by atoms with van der Waals surface area (Å²) in [5.74, 6) is 0.342. The predicted octanol–water partition coefficient (Wildman–Crippen LogP) is 1.07. The molecule has 0 aliphatic carbocycles. The van der Waals surface area contributed by atoms with Crippen molar-refractivity contribution in [3.05, 3.63) is 46.4 Å². The molecule has 0 spiro atoms. The molecule has 7 nitrogen and oxygen atoms in total. The first-order valence-corrected chi connectivity index (χ1v) is 9.45. The Bertz CT molecular complexity index is 898. The molecule has 1 fully saturated rings. The van der Waals surface area contributed by atoms with Crippen molar-refractivity contribution in [1.82, 2.24) is 19.7 Å². The van der Waals surface area contributed by atoms with Gasteiger partial charge in [0.1, 0.15) is 11.6 Å². The molecule has 1 saturated heterocycles. The lowest BCUT2D eigenvalue weighted by Crippen LogP contribution is -2.48. The average molecular weight is 373 g/mol. The summed E-state index contributed by atoms with van der Waals surface area (Å²) in [6, 6.07) is 6.88. The number of piperidine rings is 1. The number of para-hydroxylation sites is 1. The second kappa shape index (κ2) is 7.17. The molecular weight excluding hydrogens is 349 g/mol. The van der Waals surface area contributed by atoms with Gasteiger partial charge < -0.3 is 10.2 Å². The van der Waals surface area contributed by atoms with E-state index in [1.807, 2.05) is 11.0 Å². The Balaban J connectivity index is 1.33. The molecule has 3 heterocycles. The van der Waals surface area contributed by atoms with Gasteiger partial charge in [-0.25, -0.2) is 13.9 Å². The highest BCUT2D eigenvalue weighted by molar-refractivity contribution is 5.79. The van der Waals surface area contributed by atoms with Crippen LogP contribution in [0.3, 0.4) is 0 Å². The van der Waals surface area contributed by atoms with Gasteiger partial charge in [-0.05, 0) is 31.4 Å². The molecule has 8 heteroatoms. The highest BCUT2D eigenvalue weighted by Crippen LogP contribution is 2.23. The third-order valence-corrected chi connectivity index (χ3v) is 5.61. The van der Waals surface area contributed by atoms with E-state index in [0.29, 0.717) is 38.2 Å². The number of carbonyl (C=O) groups excluding carboxylic acids is 1. The van der Waals surface area contributed by atoms with Crippen molar-refractivity contribution in [2.45, 2.75) is 38.3 Å². The zero-order chi connectivity index (χ0) is 19.0. The van der Waals surface area contributed by atoms with E-state index in [2.05, 4.69) is 10.4 Å². The average Bonchev–Trinajstić information content (AvgIpc) is 2.96. The van der Waals surface area contributed by atoms with Crippen LogP contribution in [0.2, 0.25) is 0 Å². The number of aryl methyl sites for hydroxylation is 2. The molecule has 1 N–H and O–H groups in total. The minimum atomic E-state index is -0.208. The number of amides is 1. The van der Waals surface area contributed by atoms with E-state index < -0.39 is 0 Å². The lowest BCUT2D eigenvalue weighted by atomic mass is 9.96. The van der Waals surface area contributed by atoms with Crippen molar-refractivity contribution in [2.24, 2.45) is 13.0 Å². The fourth-order valence-corrected chi connectivity index (χ4v) is 4.04. The minimum absolute atomic E-state index is 0.000690. The van der Waals surface area contributed by atoms with Gasteiger partial charge in [0.2, 0.25) is 5.91 Å². The lowest BCUT2D eigenvalue weighted by Gasteiger charge is -2.35. The molecule has 2 aromatic rings. The van der Waals surface area contributed by atoms with Gasteiger partial charge in [-0.3, -0.25) is 9.36 Å². The topological polar surface area (TPSA) is 72.2 Å². The van der Waals surface area contributed by atoms with Crippen LogP contribution in [0.1, 0.15) is 25.1 Å². The van der Waals surface area contributed by atoms with E-state index in [1.165, 1.54) is 10.7 Å². The number of fused-ring (bicyclic) bond motifs is 1. The Kier molecular flexibility index (Phi) is 4.72. The van der Waals surface area contributed by atoms with Gasteiger partial charge >= 0.3 is 5.69 Å². The van der Waals surface area contributed by atoms with Gasteiger partial charge in [0, 0.05) is 39.1 Å². The summed E-state index contributed by atoms with van der Waals surface area (Å²) in [5.41, 5.74) is 0.457. The summed E-state index contributed by atoms with van der Waals surface area (Å²) in [7, 11) is 1.63. The van der Waals surface area contributed by atoms with E-state index in [0.717, 1.165) is 18.7 Å². The maximum atomic E-state index is 13.9. The van der Waals surface area contributed by atoms with Crippen LogP contribution in [-0.4, -0.2) is 39.4 Å². The number of hydrogen-bond donors (Lipinski definition) is 1. The van der Waals surface area contributed by atoms with Crippen LogP contribution in [0.25, 0.3) is 0 Å². The number of halogens is 1. The molecule has 4 rings (SSSR count). The fraction of sp³-hybridized carbons (Fsp3) is 0.526. The molecule has 1 aromatic carbocycles. The van der Waals surface area contributed by atoms with Crippen LogP contribution in [0, 0.1) is 11.7 Å². The van der Waals surface area contributed by atoms with Crippen molar-refractivity contribution in [2.75, 3.05) is 18.0 Å². The van der Waals surface area contributed by atoms with Gasteiger partial charge in [0.25, 0.3) is 0 Å². The second-order valence-electron chi connectivity index (χ2n) is 7.39. The number of hydrogen-bond acceptors (Lipinski definition) is 4. The largest absolute Gasteiger partial charge is 0.369 e. The van der Waals surface area contributed by atoms with Gasteiger partial charge in [-0.2, -0.15) is 5.10 Å². The van der Waals surface area contributed by atoms with Gasteiger partial charge in [0.15, 0.2) is 0 Å². The third-order valence-electron chi connectivity index (χ3n) is 5.61. The Morgan fingerprint density at radius 1 is 1.22 bits per heavy atom. The van der Waals surface area contributed by atoms with Crippen LogP contribution < -0.4 is 15.9 Å². The van der Waals surface area contributed by atoms with Crippen molar-refractivity contribution in [1.29, 1.82) is 0 Å². The Labute approximate surface area is 156 Å². The SMILES string of the molecule is Cn1nc2n(c1=O)C[C@@H](C(=O)NC1CCN(c3ccccc3F)CC1)CC2. The molecule has 27 heavy (non-hydrogen) atoms. The van der Waals surface area contributed by atoms with E-state index in [9.17, 15) is 14.0 Å². The number of rotatable bonds is 3. The van der Waals surface area contributed by atoms with Crippen molar-refractivity contribution in [3.8, 4) is 0 Å². The molecule has 1 aromatic heterocycles. The van der Waals surface area contributed by atoms with Crippen molar-refractivity contribution in [3.63, 3.8) is 0 Å². The zero-order valence-corrected chi connectivity index (χ0v) is 15.4. The second-order valence-corrected chi connectivity index (χ2v) is 7.39. The van der Waals surface area contributed by atoms with Crippen LogP contribution in [-0.2, 0) is 24.8 Å². The standard InChI is InChI=1S/C19H24FN5O2/c1-23-19(27)25-12-13(6-7-17(25)22-23)18(26)21-14-8-10-24(11-9-14)16-5-3-2-4-15(16)20/h2-5,13-14H,6-12H2,1H3,(H,21,26)/t13-/m0/s1. The molecule has 2 aliphatic heterocycles. The van der Waals surface area contributed by atoms with Crippen molar-refractivity contribution < 1.29 is 9.18 Å². The van der Waals surface area contributed by atoms with E-state index >= 15 is 0 Å². The maximum Gasteiger partial charge on any atom is 0.345 e. The number of benzene rings is 1. The monoisotopic (exact) mass is 373 g/mol. The first-order valence-electron chi connectivity index (χ1n) is 9.45. The molecule has 144 valence electrons. The summed E-state index contributed by atoms with van der Waals surface area (Å²) in [6.07, 6.45) is 2.91. The molecule has 2 aliphatic rings. The number of nitrogens with zero attached hydrogens (tertiary/aromatic N) is 4. The summed E-state index contributed by atoms with van der Waals surface area (Å²) in [4.78, 5) is 26.8. The molecule has 0 bridgehead atoms. The smallest absolute Gasteiger partial charge is 0.345 e. The first kappa shape index (κ1) is 17.8. The van der Waals surface area contributed by atoms with Gasteiger partial charge in [0.05, 0.1) is 11.6 Å². The van der Waals surface area contributed by atoms with E-state index in [-0.39, 0.29) is 29.4 Å². The van der Waals surface area contributed by atoms with Crippen LogP contribution in [0.5, 0.6) is 0 Å². The maximum absolute atomic E-state index is 13.9. The highest BCUT2D eigenvalue weighted by Gasteiger charge is 2.30. The number of nitrogens with one attached hydrogen (secondary N) is 1. The van der Waals surface area contributed by atoms with Gasteiger partial charge in [-0.1, -0.05) is 12.1 Å². The Hall–Kier alpha value is -2.64. The first-order chi connectivity index (χ1) is 13.0. The summed E-state index contributed by atoms with van der Waals surface area (Å²) in [6.45, 7) is 1.81. The van der Waals surface area contributed by atoms with E-state index in [1.54, 1.807) is 23.7 Å². The zero-order valence-electron chi connectivity index (χ0n) is 15.4. The normalized spacial score (nSPS) is 20.4. The predicted molar refractivity (Wildman–Crippen MR) is 99.1 cm³/mol. The Morgan fingerprint density at radius 2 is 1.96 bits per heavy atom. The molecule has 0 unspecified atom stereocenters. The molecule has 1 amide bonds. The quantitative estimate of drug-likeness (QED) is 0.874. The highest BCUT2D eigenvalue weighted by atomic mass is 19.1.